The lowest BCUT2D eigenvalue weighted by atomic mass is 10.2. The summed E-state index contributed by atoms with van der Waals surface area (Å²) in [6, 6.07) is 15.6. The van der Waals surface area contributed by atoms with Gasteiger partial charge in [0.1, 0.15) is 0 Å². The van der Waals surface area contributed by atoms with Gasteiger partial charge < -0.3 is 15.0 Å². The predicted molar refractivity (Wildman–Crippen MR) is 105 cm³/mol. The summed E-state index contributed by atoms with van der Waals surface area (Å²) in [7, 11) is 0. The quantitative estimate of drug-likeness (QED) is 0.758. The number of nitriles is 1. The molecule has 27 heavy (non-hydrogen) atoms. The summed E-state index contributed by atoms with van der Waals surface area (Å²) in [5.41, 5.74) is 2.46. The number of carbonyl (C=O) groups is 2. The number of hydrogen-bond acceptors (Lipinski definition) is 5. The van der Waals surface area contributed by atoms with Gasteiger partial charge in [0.25, 0.3) is 5.91 Å². The van der Waals surface area contributed by atoms with Crippen LogP contribution in [0.25, 0.3) is 0 Å². The molecule has 2 aromatic rings. The van der Waals surface area contributed by atoms with Crippen molar-refractivity contribution < 1.29 is 14.3 Å². The Bertz CT molecular complexity index is 819. The Kier molecular flexibility index (Phi) is 6.95. The van der Waals surface area contributed by atoms with Gasteiger partial charge in [0, 0.05) is 24.5 Å². The Morgan fingerprint density at radius 1 is 1.07 bits per heavy atom. The summed E-state index contributed by atoms with van der Waals surface area (Å²) in [5, 5.41) is 11.4. The van der Waals surface area contributed by atoms with E-state index >= 15 is 0 Å². The number of ether oxygens (including phenoxy) is 1. The molecule has 1 amide bonds. The minimum Gasteiger partial charge on any atom is -0.449 e. The third-order valence-electron chi connectivity index (χ3n) is 4.17. The minimum absolute atomic E-state index is 0.393. The van der Waals surface area contributed by atoms with E-state index in [1.165, 1.54) is 6.92 Å². The van der Waals surface area contributed by atoms with Gasteiger partial charge in [-0.1, -0.05) is 0 Å². The maximum Gasteiger partial charge on any atom is 0.338 e. The molecule has 2 rings (SSSR count). The first-order valence-electron chi connectivity index (χ1n) is 8.85. The zero-order valence-electron chi connectivity index (χ0n) is 15.7. The normalized spacial score (nSPS) is 11.2. The first-order chi connectivity index (χ1) is 13.0. The van der Waals surface area contributed by atoms with Crippen molar-refractivity contribution in [3.05, 3.63) is 59.7 Å². The standard InChI is InChI=1S/C21H23N3O3/c1-4-24(5-2)19-12-8-17(9-13-19)21(26)27-15(3)20(25)23-18-10-6-16(14-22)7-11-18/h6-13,15H,4-5H2,1-3H3,(H,23,25). The number of amides is 1. The summed E-state index contributed by atoms with van der Waals surface area (Å²) in [6.45, 7) is 7.42. The van der Waals surface area contributed by atoms with E-state index in [2.05, 4.69) is 24.1 Å². The molecule has 0 aliphatic carbocycles. The molecule has 0 fully saturated rings. The second kappa shape index (κ2) is 9.39. The molecule has 0 aliphatic heterocycles. The molecule has 6 heteroatoms. The lowest BCUT2D eigenvalue weighted by Gasteiger charge is -2.21. The number of esters is 1. The van der Waals surface area contributed by atoms with Crippen LogP contribution in [0.2, 0.25) is 0 Å². The highest BCUT2D eigenvalue weighted by Crippen LogP contribution is 2.16. The van der Waals surface area contributed by atoms with Crippen molar-refractivity contribution >= 4 is 23.3 Å². The molecule has 0 radical (unpaired) electrons. The second-order valence-electron chi connectivity index (χ2n) is 5.95. The summed E-state index contributed by atoms with van der Waals surface area (Å²) < 4.78 is 5.25. The van der Waals surface area contributed by atoms with Crippen LogP contribution >= 0.6 is 0 Å². The molecule has 0 bridgehead atoms. The zero-order chi connectivity index (χ0) is 19.8. The Hall–Kier alpha value is -3.33. The fraction of sp³-hybridized carbons (Fsp3) is 0.286. The molecular weight excluding hydrogens is 342 g/mol. The topological polar surface area (TPSA) is 82.4 Å². The maximum absolute atomic E-state index is 12.3. The molecule has 0 heterocycles. The molecule has 1 N–H and O–H groups in total. The largest absolute Gasteiger partial charge is 0.449 e. The van der Waals surface area contributed by atoms with Gasteiger partial charge in [-0.3, -0.25) is 4.79 Å². The molecule has 0 saturated heterocycles. The molecule has 140 valence electrons. The molecule has 2 aromatic carbocycles. The van der Waals surface area contributed by atoms with Crippen LogP contribution in [0.4, 0.5) is 11.4 Å². The van der Waals surface area contributed by atoms with E-state index in [1.54, 1.807) is 36.4 Å². The van der Waals surface area contributed by atoms with Crippen LogP contribution in [0.15, 0.2) is 48.5 Å². The first-order valence-corrected chi connectivity index (χ1v) is 8.85. The number of nitrogens with one attached hydrogen (secondary N) is 1. The number of benzene rings is 2. The molecule has 6 nitrogen and oxygen atoms in total. The van der Waals surface area contributed by atoms with E-state index in [0.717, 1.165) is 18.8 Å². The van der Waals surface area contributed by atoms with Gasteiger partial charge in [-0.25, -0.2) is 4.79 Å². The fourth-order valence-electron chi connectivity index (χ4n) is 2.55. The average molecular weight is 365 g/mol. The number of hydrogen-bond donors (Lipinski definition) is 1. The Balaban J connectivity index is 1.95. The van der Waals surface area contributed by atoms with Crippen molar-refractivity contribution in [1.82, 2.24) is 0 Å². The smallest absolute Gasteiger partial charge is 0.338 e. The van der Waals surface area contributed by atoms with Crippen LogP contribution in [-0.4, -0.2) is 31.1 Å². The van der Waals surface area contributed by atoms with Crippen molar-refractivity contribution in [2.75, 3.05) is 23.3 Å². The van der Waals surface area contributed by atoms with Crippen LogP contribution < -0.4 is 10.2 Å². The average Bonchev–Trinajstić information content (AvgIpc) is 2.70. The number of carbonyl (C=O) groups excluding carboxylic acids is 2. The van der Waals surface area contributed by atoms with E-state index in [9.17, 15) is 9.59 Å². The van der Waals surface area contributed by atoms with Gasteiger partial charge in [0.05, 0.1) is 17.2 Å². The third kappa shape index (κ3) is 5.32. The molecule has 1 atom stereocenters. The number of anilines is 2. The molecule has 0 aliphatic rings. The van der Waals surface area contributed by atoms with E-state index < -0.39 is 18.0 Å². The summed E-state index contributed by atoms with van der Waals surface area (Å²) >= 11 is 0. The number of nitrogens with zero attached hydrogens (tertiary/aromatic N) is 2. The molecule has 0 spiro atoms. The lowest BCUT2D eigenvalue weighted by molar-refractivity contribution is -0.123. The second-order valence-corrected chi connectivity index (χ2v) is 5.95. The number of rotatable bonds is 7. The summed E-state index contributed by atoms with van der Waals surface area (Å²) in [5.74, 6) is -0.989. The maximum atomic E-state index is 12.3. The van der Waals surface area contributed by atoms with E-state index in [-0.39, 0.29) is 0 Å². The van der Waals surface area contributed by atoms with Gasteiger partial charge in [0.15, 0.2) is 6.10 Å². The monoisotopic (exact) mass is 365 g/mol. The third-order valence-corrected chi connectivity index (χ3v) is 4.17. The van der Waals surface area contributed by atoms with Crippen LogP contribution in [0.5, 0.6) is 0 Å². The van der Waals surface area contributed by atoms with Gasteiger partial charge in [0.2, 0.25) is 0 Å². The van der Waals surface area contributed by atoms with Crippen LogP contribution in [0, 0.1) is 11.3 Å². The zero-order valence-corrected chi connectivity index (χ0v) is 15.7. The highest BCUT2D eigenvalue weighted by molar-refractivity contribution is 5.97. The molecule has 0 aromatic heterocycles. The Labute approximate surface area is 159 Å². The molecule has 1 unspecified atom stereocenters. The van der Waals surface area contributed by atoms with Gasteiger partial charge in [-0.2, -0.15) is 5.26 Å². The van der Waals surface area contributed by atoms with Crippen molar-refractivity contribution in [1.29, 1.82) is 5.26 Å². The van der Waals surface area contributed by atoms with Gasteiger partial charge in [-0.05, 0) is 69.3 Å². The molecule has 0 saturated carbocycles. The fourth-order valence-corrected chi connectivity index (χ4v) is 2.55. The van der Waals surface area contributed by atoms with E-state index in [4.69, 9.17) is 10.00 Å². The van der Waals surface area contributed by atoms with E-state index in [1.807, 2.05) is 18.2 Å². The predicted octanol–water partition coefficient (Wildman–Crippen LogP) is 3.59. The SMILES string of the molecule is CCN(CC)c1ccc(C(=O)OC(C)C(=O)Nc2ccc(C#N)cc2)cc1. The van der Waals surface area contributed by atoms with Gasteiger partial charge in [-0.15, -0.1) is 0 Å². The van der Waals surface area contributed by atoms with Crippen molar-refractivity contribution in [2.45, 2.75) is 26.9 Å². The van der Waals surface area contributed by atoms with Crippen molar-refractivity contribution in [3.63, 3.8) is 0 Å². The molecular formula is C21H23N3O3. The summed E-state index contributed by atoms with van der Waals surface area (Å²) in [6.07, 6.45) is -0.949. The Morgan fingerprint density at radius 2 is 1.67 bits per heavy atom. The van der Waals surface area contributed by atoms with Crippen LogP contribution in [-0.2, 0) is 9.53 Å². The van der Waals surface area contributed by atoms with Gasteiger partial charge >= 0.3 is 5.97 Å². The van der Waals surface area contributed by atoms with Crippen LogP contribution in [0.3, 0.4) is 0 Å². The lowest BCUT2D eigenvalue weighted by Crippen LogP contribution is -2.30. The van der Waals surface area contributed by atoms with E-state index in [0.29, 0.717) is 16.8 Å². The first kappa shape index (κ1) is 20.0. The highest BCUT2D eigenvalue weighted by atomic mass is 16.5. The van der Waals surface area contributed by atoms with Crippen LogP contribution in [0.1, 0.15) is 36.7 Å². The summed E-state index contributed by atoms with van der Waals surface area (Å²) in [4.78, 5) is 26.6. The highest BCUT2D eigenvalue weighted by Gasteiger charge is 2.19. The Morgan fingerprint density at radius 3 is 2.19 bits per heavy atom. The van der Waals surface area contributed by atoms with Crippen molar-refractivity contribution in [2.24, 2.45) is 0 Å². The minimum atomic E-state index is -0.949. The van der Waals surface area contributed by atoms with Crippen molar-refractivity contribution in [3.8, 4) is 6.07 Å².